The van der Waals surface area contributed by atoms with Crippen LogP contribution in [0.2, 0.25) is 0 Å². The molecular weight excluding hydrogens is 389 g/mol. The summed E-state index contributed by atoms with van der Waals surface area (Å²) in [5.41, 5.74) is 1.34. The maximum Gasteiger partial charge on any atom is 0.318 e. The zero-order valence-electron chi connectivity index (χ0n) is 14.7. The summed E-state index contributed by atoms with van der Waals surface area (Å²) >= 11 is 0. The molecule has 0 saturated carbocycles. The molecule has 0 fully saturated rings. The lowest BCUT2D eigenvalue weighted by Crippen LogP contribution is -2.29. The summed E-state index contributed by atoms with van der Waals surface area (Å²) in [7, 11) is -3.93. The molecule has 2 aromatic carbocycles. The fourth-order valence-electron chi connectivity index (χ4n) is 2.40. The second-order valence-electron chi connectivity index (χ2n) is 5.90. The van der Waals surface area contributed by atoms with Crippen LogP contribution in [0.4, 0.5) is 4.39 Å². The van der Waals surface area contributed by atoms with Gasteiger partial charge in [-0.25, -0.2) is 12.8 Å². The Labute approximate surface area is 159 Å². The minimum absolute atomic E-state index is 0.0791. The number of tetrazole rings is 1. The van der Waals surface area contributed by atoms with E-state index in [1.807, 2.05) is 11.6 Å². The van der Waals surface area contributed by atoms with Crippen LogP contribution in [0.5, 0.6) is 0 Å². The third-order valence-electron chi connectivity index (χ3n) is 3.96. The molecule has 146 valence electrons. The van der Waals surface area contributed by atoms with Gasteiger partial charge in [-0.15, -0.1) is 10.2 Å². The number of hydrogen-bond donors (Lipinski definition) is 2. The lowest BCUT2D eigenvalue weighted by Gasteiger charge is -2.09. The molecule has 1 atom stereocenters. The average Bonchev–Trinajstić information content (AvgIpc) is 3.17. The van der Waals surface area contributed by atoms with Crippen molar-refractivity contribution in [2.45, 2.75) is 17.9 Å². The minimum Gasteiger partial charge on any atom is -0.480 e. The fraction of sp³-hybridized carbons (Fsp3) is 0.176. The molecule has 11 heteroatoms. The fourth-order valence-corrected chi connectivity index (χ4v) is 3.38. The monoisotopic (exact) mass is 405 g/mol. The molecule has 1 aromatic heterocycles. The molecule has 0 aliphatic carbocycles. The van der Waals surface area contributed by atoms with Crippen molar-refractivity contribution >= 4 is 16.0 Å². The first kappa shape index (κ1) is 19.6. The number of sulfonamides is 1. The number of nitrogens with one attached hydrogen (secondary N) is 1. The maximum absolute atomic E-state index is 13.1. The highest BCUT2D eigenvalue weighted by atomic mass is 32.2. The Hall–Kier alpha value is -3.18. The SMILES string of the molecule is CC(c1ccc(F)cc1)n1nnc(-c2ccc(S(=O)(=O)NCC(=O)O)cc2)n1. The molecule has 2 N–H and O–H groups in total. The van der Waals surface area contributed by atoms with E-state index in [1.165, 1.54) is 41.2 Å². The molecule has 0 radical (unpaired) electrons. The van der Waals surface area contributed by atoms with Crippen LogP contribution in [-0.4, -0.2) is 46.2 Å². The number of aliphatic carboxylic acids is 1. The van der Waals surface area contributed by atoms with Crippen molar-refractivity contribution in [2.24, 2.45) is 0 Å². The zero-order valence-corrected chi connectivity index (χ0v) is 15.5. The van der Waals surface area contributed by atoms with Gasteiger partial charge in [-0.1, -0.05) is 12.1 Å². The Kier molecular flexibility index (Phi) is 5.47. The van der Waals surface area contributed by atoms with Gasteiger partial charge in [0.2, 0.25) is 15.8 Å². The smallest absolute Gasteiger partial charge is 0.318 e. The maximum atomic E-state index is 13.1. The number of aromatic nitrogens is 4. The molecule has 0 saturated heterocycles. The molecule has 3 rings (SSSR count). The molecule has 0 bridgehead atoms. The van der Waals surface area contributed by atoms with Crippen LogP contribution in [0.15, 0.2) is 53.4 Å². The quantitative estimate of drug-likeness (QED) is 0.609. The van der Waals surface area contributed by atoms with E-state index in [4.69, 9.17) is 5.11 Å². The van der Waals surface area contributed by atoms with Crippen LogP contribution in [0.3, 0.4) is 0 Å². The third-order valence-corrected chi connectivity index (χ3v) is 5.38. The van der Waals surface area contributed by atoms with Crippen molar-refractivity contribution in [1.29, 1.82) is 0 Å². The van der Waals surface area contributed by atoms with E-state index in [1.54, 1.807) is 12.1 Å². The van der Waals surface area contributed by atoms with Gasteiger partial charge in [0.1, 0.15) is 12.4 Å². The summed E-state index contributed by atoms with van der Waals surface area (Å²) in [6, 6.07) is 11.3. The molecule has 0 aliphatic rings. The van der Waals surface area contributed by atoms with Crippen LogP contribution in [-0.2, 0) is 14.8 Å². The number of hydrogen-bond acceptors (Lipinski definition) is 6. The van der Waals surface area contributed by atoms with Crippen molar-refractivity contribution in [3.8, 4) is 11.4 Å². The topological polar surface area (TPSA) is 127 Å². The summed E-state index contributed by atoms with van der Waals surface area (Å²) in [5, 5.41) is 20.8. The molecule has 0 spiro atoms. The van der Waals surface area contributed by atoms with Gasteiger partial charge in [0, 0.05) is 5.56 Å². The predicted molar refractivity (Wildman–Crippen MR) is 96.3 cm³/mol. The van der Waals surface area contributed by atoms with Gasteiger partial charge < -0.3 is 5.11 Å². The van der Waals surface area contributed by atoms with Crippen molar-refractivity contribution in [3.63, 3.8) is 0 Å². The first-order valence-corrected chi connectivity index (χ1v) is 9.61. The molecule has 28 heavy (non-hydrogen) atoms. The van der Waals surface area contributed by atoms with Crippen molar-refractivity contribution in [1.82, 2.24) is 24.9 Å². The van der Waals surface area contributed by atoms with Gasteiger partial charge in [0.15, 0.2) is 0 Å². The Balaban J connectivity index is 1.78. The largest absolute Gasteiger partial charge is 0.480 e. The van der Waals surface area contributed by atoms with Crippen molar-refractivity contribution in [2.75, 3.05) is 6.54 Å². The molecular formula is C17H16FN5O4S. The third kappa shape index (κ3) is 4.38. The van der Waals surface area contributed by atoms with Crippen LogP contribution < -0.4 is 4.72 Å². The molecule has 1 unspecified atom stereocenters. The number of carboxylic acid groups (broad SMARTS) is 1. The van der Waals surface area contributed by atoms with E-state index in [0.29, 0.717) is 5.56 Å². The highest BCUT2D eigenvalue weighted by Crippen LogP contribution is 2.20. The number of benzene rings is 2. The molecule has 0 amide bonds. The van der Waals surface area contributed by atoms with E-state index >= 15 is 0 Å². The number of carbonyl (C=O) groups is 1. The van der Waals surface area contributed by atoms with Crippen LogP contribution in [0.1, 0.15) is 18.5 Å². The normalized spacial score (nSPS) is 12.6. The highest BCUT2D eigenvalue weighted by Gasteiger charge is 2.17. The standard InChI is InChI=1S/C17H16FN5O4S/c1-11(12-2-6-14(18)7-3-12)23-21-17(20-22-23)13-4-8-15(9-5-13)28(26,27)19-10-16(24)25/h2-9,11,19H,10H2,1H3,(H,24,25). The average molecular weight is 405 g/mol. The van der Waals surface area contributed by atoms with Gasteiger partial charge in [-0.2, -0.15) is 9.52 Å². The zero-order chi connectivity index (χ0) is 20.3. The van der Waals surface area contributed by atoms with Gasteiger partial charge in [-0.05, 0) is 54.1 Å². The van der Waals surface area contributed by atoms with Gasteiger partial charge in [0.25, 0.3) is 0 Å². The summed E-state index contributed by atoms with van der Waals surface area (Å²) in [6.45, 7) is 1.13. The number of rotatable bonds is 7. The van der Waals surface area contributed by atoms with Crippen LogP contribution >= 0.6 is 0 Å². The predicted octanol–water partition coefficient (Wildman–Crippen LogP) is 1.45. The Morgan fingerprint density at radius 3 is 2.43 bits per heavy atom. The van der Waals surface area contributed by atoms with E-state index in [0.717, 1.165) is 5.56 Å². The van der Waals surface area contributed by atoms with Crippen LogP contribution in [0, 0.1) is 5.82 Å². The summed E-state index contributed by atoms with van der Waals surface area (Å²) in [6.07, 6.45) is 0. The second kappa shape index (κ2) is 7.82. The lowest BCUT2D eigenvalue weighted by molar-refractivity contribution is -0.135. The Morgan fingerprint density at radius 1 is 1.18 bits per heavy atom. The summed E-state index contributed by atoms with van der Waals surface area (Å²) in [5.74, 6) is -1.33. The number of nitrogens with zero attached hydrogens (tertiary/aromatic N) is 4. The van der Waals surface area contributed by atoms with E-state index in [2.05, 4.69) is 15.4 Å². The van der Waals surface area contributed by atoms with Crippen LogP contribution in [0.25, 0.3) is 11.4 Å². The second-order valence-corrected chi connectivity index (χ2v) is 7.67. The molecule has 1 heterocycles. The Morgan fingerprint density at radius 2 is 1.82 bits per heavy atom. The Bertz CT molecular complexity index is 1080. The van der Waals surface area contributed by atoms with E-state index in [9.17, 15) is 17.6 Å². The van der Waals surface area contributed by atoms with Crippen molar-refractivity contribution in [3.05, 3.63) is 59.9 Å². The first-order valence-electron chi connectivity index (χ1n) is 8.13. The van der Waals surface area contributed by atoms with Crippen molar-refractivity contribution < 1.29 is 22.7 Å². The number of halogens is 1. The number of carboxylic acids is 1. The molecule has 9 nitrogen and oxygen atoms in total. The molecule has 3 aromatic rings. The minimum atomic E-state index is -3.93. The summed E-state index contributed by atoms with van der Waals surface area (Å²) < 4.78 is 39.0. The van der Waals surface area contributed by atoms with E-state index in [-0.39, 0.29) is 22.6 Å². The molecule has 0 aliphatic heterocycles. The lowest BCUT2D eigenvalue weighted by atomic mass is 10.1. The van der Waals surface area contributed by atoms with Gasteiger partial charge in [0.05, 0.1) is 10.9 Å². The first-order chi connectivity index (χ1) is 13.3. The van der Waals surface area contributed by atoms with Gasteiger partial charge in [-0.3, -0.25) is 4.79 Å². The van der Waals surface area contributed by atoms with E-state index < -0.39 is 22.5 Å². The van der Waals surface area contributed by atoms with Gasteiger partial charge >= 0.3 is 5.97 Å². The summed E-state index contributed by atoms with van der Waals surface area (Å²) in [4.78, 5) is 11.8. The highest BCUT2D eigenvalue weighted by molar-refractivity contribution is 7.89.